The quantitative estimate of drug-likeness (QED) is 0.694. The molecule has 6 heteroatoms. The zero-order valence-electron chi connectivity index (χ0n) is 10.9. The minimum atomic E-state index is -0.194. The SMILES string of the molecule is C#CCC(CC)NC(=O)c1sc(NC2CC2)nc1N. The van der Waals surface area contributed by atoms with Crippen LogP contribution in [0, 0.1) is 12.3 Å². The van der Waals surface area contributed by atoms with Gasteiger partial charge >= 0.3 is 0 Å². The Kier molecular flexibility index (Phi) is 4.27. The van der Waals surface area contributed by atoms with Gasteiger partial charge in [0.05, 0.1) is 0 Å². The number of carbonyl (C=O) groups is 1. The minimum absolute atomic E-state index is 0.0150. The maximum Gasteiger partial charge on any atom is 0.265 e. The van der Waals surface area contributed by atoms with Crippen molar-refractivity contribution in [2.45, 2.75) is 44.7 Å². The van der Waals surface area contributed by atoms with E-state index in [4.69, 9.17) is 12.2 Å². The van der Waals surface area contributed by atoms with Crippen LogP contribution < -0.4 is 16.4 Å². The van der Waals surface area contributed by atoms with E-state index in [1.807, 2.05) is 6.92 Å². The van der Waals surface area contributed by atoms with Gasteiger partial charge < -0.3 is 16.4 Å². The Morgan fingerprint density at radius 2 is 2.42 bits per heavy atom. The van der Waals surface area contributed by atoms with Crippen LogP contribution in [0.4, 0.5) is 10.9 Å². The van der Waals surface area contributed by atoms with Gasteiger partial charge in [-0.3, -0.25) is 4.79 Å². The van der Waals surface area contributed by atoms with Crippen molar-refractivity contribution in [2.24, 2.45) is 0 Å². The van der Waals surface area contributed by atoms with Crippen LogP contribution in [-0.4, -0.2) is 23.0 Å². The monoisotopic (exact) mass is 278 g/mol. The van der Waals surface area contributed by atoms with Crippen LogP contribution >= 0.6 is 11.3 Å². The molecule has 0 aromatic carbocycles. The van der Waals surface area contributed by atoms with Crippen molar-refractivity contribution in [3.8, 4) is 12.3 Å². The summed E-state index contributed by atoms with van der Waals surface area (Å²) >= 11 is 1.30. The van der Waals surface area contributed by atoms with Crippen molar-refractivity contribution in [1.82, 2.24) is 10.3 Å². The summed E-state index contributed by atoms with van der Waals surface area (Å²) in [5.41, 5.74) is 5.79. The van der Waals surface area contributed by atoms with Gasteiger partial charge in [-0.2, -0.15) is 0 Å². The van der Waals surface area contributed by atoms with Crippen LogP contribution in [0.15, 0.2) is 0 Å². The highest BCUT2D eigenvalue weighted by atomic mass is 32.1. The minimum Gasteiger partial charge on any atom is -0.382 e. The number of rotatable bonds is 6. The highest BCUT2D eigenvalue weighted by molar-refractivity contribution is 7.18. The molecule has 1 atom stereocenters. The van der Waals surface area contributed by atoms with Gasteiger partial charge in [0.2, 0.25) is 0 Å². The molecule has 1 aliphatic rings. The number of nitrogens with zero attached hydrogens (tertiary/aromatic N) is 1. The first-order valence-corrected chi connectivity index (χ1v) is 7.22. The maximum atomic E-state index is 12.1. The normalized spacial score (nSPS) is 15.6. The molecule has 0 saturated heterocycles. The molecule has 4 N–H and O–H groups in total. The fraction of sp³-hybridized carbons (Fsp3) is 0.538. The molecule has 1 aromatic heterocycles. The molecule has 0 bridgehead atoms. The van der Waals surface area contributed by atoms with E-state index in [1.54, 1.807) is 0 Å². The van der Waals surface area contributed by atoms with Gasteiger partial charge in [-0.25, -0.2) is 4.98 Å². The van der Waals surface area contributed by atoms with Crippen LogP contribution in [0.25, 0.3) is 0 Å². The Balaban J connectivity index is 2.01. The Labute approximate surface area is 117 Å². The highest BCUT2D eigenvalue weighted by Gasteiger charge is 2.24. The Morgan fingerprint density at radius 1 is 1.68 bits per heavy atom. The molecule has 1 aliphatic carbocycles. The number of nitrogens with one attached hydrogen (secondary N) is 2. The summed E-state index contributed by atoms with van der Waals surface area (Å²) in [6.07, 6.45) is 8.89. The third kappa shape index (κ3) is 3.61. The molecule has 0 spiro atoms. The third-order valence-corrected chi connectivity index (χ3v) is 3.96. The van der Waals surface area contributed by atoms with Crippen molar-refractivity contribution in [3.05, 3.63) is 4.88 Å². The van der Waals surface area contributed by atoms with Gasteiger partial charge in [-0.05, 0) is 19.3 Å². The number of thiazole rings is 1. The second kappa shape index (κ2) is 5.93. The van der Waals surface area contributed by atoms with E-state index in [0.29, 0.717) is 17.3 Å². The number of hydrogen-bond acceptors (Lipinski definition) is 5. The smallest absolute Gasteiger partial charge is 0.265 e. The average molecular weight is 278 g/mol. The molecule has 1 unspecified atom stereocenters. The van der Waals surface area contributed by atoms with Gasteiger partial charge in [0.25, 0.3) is 5.91 Å². The van der Waals surface area contributed by atoms with Crippen LogP contribution in [0.2, 0.25) is 0 Å². The fourth-order valence-corrected chi connectivity index (χ4v) is 2.51. The second-order valence-corrected chi connectivity index (χ2v) is 5.64. The van der Waals surface area contributed by atoms with Crippen molar-refractivity contribution >= 4 is 28.2 Å². The number of aromatic nitrogens is 1. The van der Waals surface area contributed by atoms with Gasteiger partial charge in [0.1, 0.15) is 10.7 Å². The summed E-state index contributed by atoms with van der Waals surface area (Å²) in [6, 6.07) is 0.477. The number of nitrogens with two attached hydrogens (primary N) is 1. The lowest BCUT2D eigenvalue weighted by Gasteiger charge is -2.13. The molecule has 1 heterocycles. The second-order valence-electron chi connectivity index (χ2n) is 4.64. The first-order valence-electron chi connectivity index (χ1n) is 6.41. The lowest BCUT2D eigenvalue weighted by molar-refractivity contribution is 0.0941. The molecule has 5 nitrogen and oxygen atoms in total. The first-order chi connectivity index (χ1) is 9.13. The molecular formula is C13H18N4OS. The summed E-state index contributed by atoms with van der Waals surface area (Å²) in [5.74, 6) is 2.64. The van der Waals surface area contributed by atoms with E-state index in [9.17, 15) is 4.79 Å². The molecule has 0 radical (unpaired) electrons. The van der Waals surface area contributed by atoms with E-state index in [1.165, 1.54) is 11.3 Å². The number of nitrogen functional groups attached to an aromatic ring is 1. The Hall–Kier alpha value is -1.74. The molecule has 1 amide bonds. The van der Waals surface area contributed by atoms with Gasteiger partial charge in [-0.15, -0.1) is 12.3 Å². The van der Waals surface area contributed by atoms with Crippen LogP contribution in [0.3, 0.4) is 0 Å². The first kappa shape index (κ1) is 13.7. The van der Waals surface area contributed by atoms with Crippen molar-refractivity contribution in [3.63, 3.8) is 0 Å². The zero-order chi connectivity index (χ0) is 13.8. The van der Waals surface area contributed by atoms with Crippen molar-refractivity contribution < 1.29 is 4.79 Å². The van der Waals surface area contributed by atoms with E-state index in [-0.39, 0.29) is 17.8 Å². The van der Waals surface area contributed by atoms with Crippen LogP contribution in [0.5, 0.6) is 0 Å². The van der Waals surface area contributed by atoms with Crippen LogP contribution in [0.1, 0.15) is 42.3 Å². The zero-order valence-corrected chi connectivity index (χ0v) is 11.7. The number of terminal acetylenes is 1. The third-order valence-electron chi connectivity index (χ3n) is 2.96. The summed E-state index contributed by atoms with van der Waals surface area (Å²) in [7, 11) is 0. The summed E-state index contributed by atoms with van der Waals surface area (Å²) in [5, 5.41) is 6.85. The molecule has 2 rings (SSSR count). The predicted octanol–water partition coefficient (Wildman–Crippen LogP) is 1.83. The van der Waals surface area contributed by atoms with Gasteiger partial charge in [0.15, 0.2) is 5.13 Å². The Bertz CT molecular complexity index is 501. The number of carbonyl (C=O) groups excluding carboxylic acids is 1. The van der Waals surface area contributed by atoms with Crippen molar-refractivity contribution in [2.75, 3.05) is 11.1 Å². The lowest BCUT2D eigenvalue weighted by atomic mass is 10.1. The standard InChI is InChI=1S/C13H18N4OS/c1-3-5-8(4-2)15-12(18)10-11(14)17-13(19-10)16-9-6-7-9/h1,8-9H,4-7,14H2,2H3,(H,15,18)(H,16,17). The Morgan fingerprint density at radius 3 is 3.00 bits per heavy atom. The van der Waals surface area contributed by atoms with Crippen molar-refractivity contribution in [1.29, 1.82) is 0 Å². The summed E-state index contributed by atoms with van der Waals surface area (Å²) in [6.45, 7) is 1.98. The number of anilines is 2. The largest absolute Gasteiger partial charge is 0.382 e. The van der Waals surface area contributed by atoms with E-state index in [0.717, 1.165) is 24.4 Å². The lowest BCUT2D eigenvalue weighted by Crippen LogP contribution is -2.33. The van der Waals surface area contributed by atoms with Crippen LogP contribution in [-0.2, 0) is 0 Å². The molecular weight excluding hydrogens is 260 g/mol. The average Bonchev–Trinajstić information content (AvgIpc) is 3.11. The molecule has 19 heavy (non-hydrogen) atoms. The maximum absolute atomic E-state index is 12.1. The predicted molar refractivity (Wildman–Crippen MR) is 78.2 cm³/mol. The number of amides is 1. The van der Waals surface area contributed by atoms with E-state index in [2.05, 4.69) is 21.5 Å². The molecule has 0 aliphatic heterocycles. The highest BCUT2D eigenvalue weighted by Crippen LogP contribution is 2.30. The molecule has 102 valence electrons. The fourth-order valence-electron chi connectivity index (χ4n) is 1.65. The van der Waals surface area contributed by atoms with Gasteiger partial charge in [0, 0.05) is 18.5 Å². The van der Waals surface area contributed by atoms with Gasteiger partial charge in [-0.1, -0.05) is 18.3 Å². The molecule has 1 saturated carbocycles. The van der Waals surface area contributed by atoms with E-state index >= 15 is 0 Å². The molecule has 1 aromatic rings. The topological polar surface area (TPSA) is 80.0 Å². The van der Waals surface area contributed by atoms with E-state index < -0.39 is 0 Å². The number of hydrogen-bond donors (Lipinski definition) is 3. The summed E-state index contributed by atoms with van der Waals surface area (Å²) in [4.78, 5) is 16.7. The molecule has 1 fully saturated rings. The summed E-state index contributed by atoms with van der Waals surface area (Å²) < 4.78 is 0.